The molecule has 8 heteroatoms. The molecule has 154 valence electrons. The van der Waals surface area contributed by atoms with E-state index in [9.17, 15) is 10.6 Å². The normalized spacial score (nSPS) is 15.6. The Labute approximate surface area is 182 Å². The molecule has 2 aromatic carbocycles. The van der Waals surface area contributed by atoms with Crippen LogP contribution in [0, 0.1) is 5.82 Å². The number of pyridine rings is 1. The van der Waals surface area contributed by atoms with E-state index in [0.29, 0.717) is 16.7 Å². The van der Waals surface area contributed by atoms with Gasteiger partial charge < -0.3 is 10.3 Å². The smallest absolute Gasteiger partial charge is 0.269 e. The fraction of sp³-hybridized carbons (Fsp3) is 0.130. The SMILES string of the molecule is [2H]C([2H])([2H])C[C@]([2H])(Nc1nccc2[nH]cnc12)c1nc2cccc(F)c2c(=O)n1-c1ccccc1. The average Bonchev–Trinajstić information content (AvgIpc) is 3.28. The van der Waals surface area contributed by atoms with Crippen molar-refractivity contribution in [1.29, 1.82) is 0 Å². The molecule has 5 rings (SSSR count). The number of aromatic nitrogens is 5. The summed E-state index contributed by atoms with van der Waals surface area (Å²) in [4.78, 5) is 29.5. The Morgan fingerprint density at radius 3 is 2.90 bits per heavy atom. The first-order chi connectivity index (χ1) is 16.7. The minimum atomic E-state index is -2.59. The van der Waals surface area contributed by atoms with E-state index in [-0.39, 0.29) is 22.5 Å². The van der Waals surface area contributed by atoms with Crippen molar-refractivity contribution in [3.8, 4) is 5.69 Å². The van der Waals surface area contributed by atoms with E-state index in [1.807, 2.05) is 0 Å². The number of imidazole rings is 1. The van der Waals surface area contributed by atoms with Crippen LogP contribution in [0.15, 0.2) is 71.9 Å². The van der Waals surface area contributed by atoms with Crippen molar-refractivity contribution in [3.05, 3.63) is 89.1 Å². The van der Waals surface area contributed by atoms with Crippen LogP contribution < -0.4 is 10.9 Å². The number of aromatic amines is 1. The Kier molecular flexibility index (Phi) is 3.66. The molecule has 0 saturated carbocycles. The first kappa shape index (κ1) is 14.8. The topological polar surface area (TPSA) is 88.5 Å². The van der Waals surface area contributed by atoms with Gasteiger partial charge in [-0.05, 0) is 36.8 Å². The molecule has 0 aliphatic carbocycles. The summed E-state index contributed by atoms with van der Waals surface area (Å²) in [6.45, 7) is -2.59. The van der Waals surface area contributed by atoms with Gasteiger partial charge in [-0.15, -0.1) is 0 Å². The highest BCUT2D eigenvalue weighted by Gasteiger charge is 2.22. The summed E-state index contributed by atoms with van der Waals surface area (Å²) in [6, 6.07) is 11.8. The van der Waals surface area contributed by atoms with Crippen LogP contribution in [0.1, 0.15) is 30.6 Å². The molecular weight excluding hydrogens is 395 g/mol. The van der Waals surface area contributed by atoms with Crippen molar-refractivity contribution in [1.82, 2.24) is 24.5 Å². The summed E-state index contributed by atoms with van der Waals surface area (Å²) in [5, 5.41) is 2.61. The molecule has 0 amide bonds. The molecule has 0 fully saturated rings. The van der Waals surface area contributed by atoms with Crippen molar-refractivity contribution < 1.29 is 9.87 Å². The van der Waals surface area contributed by atoms with Gasteiger partial charge >= 0.3 is 0 Å². The molecule has 0 spiro atoms. The summed E-state index contributed by atoms with van der Waals surface area (Å²) in [7, 11) is 0. The zero-order chi connectivity index (χ0) is 24.8. The first-order valence-electron chi connectivity index (χ1n) is 11.5. The minimum absolute atomic E-state index is 0.00656. The number of nitrogens with one attached hydrogen (secondary N) is 2. The number of hydrogen-bond donors (Lipinski definition) is 2. The van der Waals surface area contributed by atoms with Gasteiger partial charge in [0, 0.05) is 10.3 Å². The van der Waals surface area contributed by atoms with Gasteiger partial charge in [0.25, 0.3) is 5.56 Å². The predicted octanol–water partition coefficient (Wildman–Crippen LogP) is 4.36. The number of nitrogens with zero attached hydrogens (tertiary/aromatic N) is 4. The molecule has 0 aliphatic rings. The first-order valence-corrected chi connectivity index (χ1v) is 9.50. The van der Waals surface area contributed by atoms with Gasteiger partial charge in [-0.1, -0.05) is 31.1 Å². The molecule has 0 bridgehead atoms. The lowest BCUT2D eigenvalue weighted by Crippen LogP contribution is -2.28. The summed E-state index contributed by atoms with van der Waals surface area (Å²) in [5.41, 5.74) is 0.555. The Hall–Kier alpha value is -4.07. The van der Waals surface area contributed by atoms with Crippen LogP contribution in [0.25, 0.3) is 27.6 Å². The van der Waals surface area contributed by atoms with Gasteiger partial charge in [0.1, 0.15) is 22.5 Å². The van der Waals surface area contributed by atoms with Gasteiger partial charge in [0.2, 0.25) is 0 Å². The number of benzene rings is 2. The molecule has 3 heterocycles. The summed E-state index contributed by atoms with van der Waals surface area (Å²) in [6.07, 6.45) is 2.19. The highest BCUT2D eigenvalue weighted by molar-refractivity contribution is 5.85. The summed E-state index contributed by atoms with van der Waals surface area (Å²) in [5.74, 6) is -0.855. The van der Waals surface area contributed by atoms with Crippen LogP contribution in [-0.4, -0.2) is 24.5 Å². The second kappa shape index (κ2) is 7.64. The number of para-hydroxylation sites is 1. The van der Waals surface area contributed by atoms with Crippen molar-refractivity contribution in [2.45, 2.75) is 19.3 Å². The second-order valence-corrected chi connectivity index (χ2v) is 6.78. The lowest BCUT2D eigenvalue weighted by Gasteiger charge is -2.22. The number of halogens is 1. The lowest BCUT2D eigenvalue weighted by atomic mass is 10.1. The fourth-order valence-electron chi connectivity index (χ4n) is 3.49. The van der Waals surface area contributed by atoms with Crippen LogP contribution in [0.3, 0.4) is 0 Å². The van der Waals surface area contributed by atoms with E-state index < -0.39 is 30.7 Å². The molecule has 3 aromatic heterocycles. The Morgan fingerprint density at radius 1 is 1.19 bits per heavy atom. The highest BCUT2D eigenvalue weighted by Crippen LogP contribution is 2.26. The number of H-pyrrole nitrogens is 1. The fourth-order valence-corrected chi connectivity index (χ4v) is 3.49. The van der Waals surface area contributed by atoms with Crippen LogP contribution in [0.4, 0.5) is 10.2 Å². The van der Waals surface area contributed by atoms with E-state index in [4.69, 9.17) is 4.11 Å². The maximum atomic E-state index is 14.7. The molecule has 5 aromatic rings. The summed E-state index contributed by atoms with van der Waals surface area (Å²) < 4.78 is 48.9. The third kappa shape index (κ3) is 3.22. The maximum Gasteiger partial charge on any atom is 0.269 e. The van der Waals surface area contributed by atoms with Crippen molar-refractivity contribution >= 4 is 27.8 Å². The Morgan fingerprint density at radius 2 is 2.06 bits per heavy atom. The molecule has 0 aliphatic heterocycles. The Bertz CT molecular complexity index is 1600. The summed E-state index contributed by atoms with van der Waals surface area (Å²) >= 11 is 0. The van der Waals surface area contributed by atoms with Gasteiger partial charge in [-0.2, -0.15) is 0 Å². The van der Waals surface area contributed by atoms with E-state index in [1.54, 1.807) is 36.4 Å². The third-order valence-electron chi connectivity index (χ3n) is 4.92. The van der Waals surface area contributed by atoms with Crippen molar-refractivity contribution in [2.75, 3.05) is 5.32 Å². The lowest BCUT2D eigenvalue weighted by molar-refractivity contribution is 0.630. The quantitative estimate of drug-likeness (QED) is 0.443. The largest absolute Gasteiger partial charge is 0.358 e. The number of fused-ring (bicyclic) bond motifs is 2. The monoisotopic (exact) mass is 418 g/mol. The maximum absolute atomic E-state index is 14.7. The third-order valence-corrected chi connectivity index (χ3v) is 4.92. The van der Waals surface area contributed by atoms with Gasteiger partial charge in [-0.25, -0.2) is 19.3 Å². The molecular formula is C23H19FN6O. The number of rotatable bonds is 5. The van der Waals surface area contributed by atoms with E-state index >= 15 is 0 Å². The van der Waals surface area contributed by atoms with Crippen LogP contribution >= 0.6 is 0 Å². The van der Waals surface area contributed by atoms with E-state index in [1.165, 1.54) is 24.7 Å². The number of anilines is 1. The predicted molar refractivity (Wildman–Crippen MR) is 118 cm³/mol. The zero-order valence-corrected chi connectivity index (χ0v) is 16.1. The molecule has 31 heavy (non-hydrogen) atoms. The molecule has 0 saturated heterocycles. The highest BCUT2D eigenvalue weighted by atomic mass is 19.1. The average molecular weight is 418 g/mol. The van der Waals surface area contributed by atoms with Gasteiger partial charge in [-0.3, -0.25) is 9.36 Å². The van der Waals surface area contributed by atoms with E-state index in [2.05, 4.69) is 25.3 Å². The van der Waals surface area contributed by atoms with Crippen LogP contribution in [0.2, 0.25) is 0 Å². The molecule has 2 N–H and O–H groups in total. The number of hydrogen-bond acceptors (Lipinski definition) is 5. The second-order valence-electron chi connectivity index (χ2n) is 6.78. The van der Waals surface area contributed by atoms with Crippen molar-refractivity contribution in [3.63, 3.8) is 0 Å². The molecule has 1 atom stereocenters. The Balaban J connectivity index is 1.83. The molecule has 7 nitrogen and oxygen atoms in total. The molecule has 0 unspecified atom stereocenters. The minimum Gasteiger partial charge on any atom is -0.358 e. The van der Waals surface area contributed by atoms with Crippen LogP contribution in [-0.2, 0) is 0 Å². The van der Waals surface area contributed by atoms with Gasteiger partial charge in [0.05, 0.1) is 30.4 Å². The zero-order valence-electron chi connectivity index (χ0n) is 20.1. The van der Waals surface area contributed by atoms with Crippen LogP contribution in [0.5, 0.6) is 0 Å². The standard InChI is InChI=1S/C23H19FN6O/c1-2-16(28-21-20-18(11-12-25-21)26-13-27-20)22-29-17-10-6-9-15(24)19(17)23(31)30(22)14-7-4-3-5-8-14/h3-13,16H,2H2,1H3,(H,25,28)(H,26,27)/t16-/m0/s1/i1D3,16D. The van der Waals surface area contributed by atoms with E-state index in [0.717, 1.165) is 10.6 Å². The van der Waals surface area contributed by atoms with Crippen molar-refractivity contribution in [2.24, 2.45) is 0 Å². The van der Waals surface area contributed by atoms with Gasteiger partial charge in [0.15, 0.2) is 5.82 Å². The molecule has 0 radical (unpaired) electrons.